The first kappa shape index (κ1) is 30.6. The summed E-state index contributed by atoms with van der Waals surface area (Å²) in [5.74, 6) is -0.544. The van der Waals surface area contributed by atoms with Gasteiger partial charge >= 0.3 is 24.4 Å². The predicted octanol–water partition coefficient (Wildman–Crippen LogP) is 7.38. The van der Waals surface area contributed by atoms with Gasteiger partial charge in [-0.05, 0) is 68.3 Å². The fraction of sp³-hybridized carbons (Fsp3) is 0.286. The van der Waals surface area contributed by atoms with E-state index < -0.39 is 53.1 Å². The second-order valence-corrected chi connectivity index (χ2v) is 10.1. The summed E-state index contributed by atoms with van der Waals surface area (Å²) in [6, 6.07) is 10.7. The molecule has 1 atom stereocenters. The number of rotatable bonds is 6. The van der Waals surface area contributed by atoms with Gasteiger partial charge in [0.1, 0.15) is 5.82 Å². The van der Waals surface area contributed by atoms with E-state index in [0.717, 1.165) is 35.2 Å². The van der Waals surface area contributed by atoms with Gasteiger partial charge in [-0.3, -0.25) is 10.1 Å². The first-order valence-corrected chi connectivity index (χ1v) is 12.5. The van der Waals surface area contributed by atoms with E-state index in [2.05, 4.69) is 5.32 Å². The number of hydroxylamine groups is 2. The topological polar surface area (TPSA) is 76.1 Å². The summed E-state index contributed by atoms with van der Waals surface area (Å²) >= 11 is 0. The number of anilines is 2. The predicted molar refractivity (Wildman–Crippen MR) is 138 cm³/mol. The number of urea groups is 2. The molecule has 2 N–H and O–H groups in total. The van der Waals surface area contributed by atoms with E-state index in [1.165, 1.54) is 43.0 Å². The van der Waals surface area contributed by atoms with Crippen molar-refractivity contribution in [3.05, 3.63) is 95.3 Å². The molecular weight excluding hydrogens is 573 g/mol. The van der Waals surface area contributed by atoms with Crippen molar-refractivity contribution in [1.29, 1.82) is 0 Å². The molecule has 0 radical (unpaired) electrons. The Hall–Kier alpha value is -4.33. The molecule has 0 unspecified atom stereocenters. The Morgan fingerprint density at radius 3 is 2.14 bits per heavy atom. The van der Waals surface area contributed by atoms with Crippen LogP contribution in [0.25, 0.3) is 0 Å². The summed E-state index contributed by atoms with van der Waals surface area (Å²) in [5.41, 5.74) is -4.09. The Balaban J connectivity index is 1.71. The maximum atomic E-state index is 14.3. The number of benzene rings is 3. The van der Waals surface area contributed by atoms with Gasteiger partial charge in [-0.25, -0.2) is 14.0 Å². The molecule has 3 aromatic rings. The molecule has 1 heterocycles. The number of hydrogen-bond donors (Lipinski definition) is 2. The number of amides is 4. The Morgan fingerprint density at radius 1 is 0.929 bits per heavy atom. The van der Waals surface area contributed by atoms with Crippen LogP contribution >= 0.6 is 0 Å². The van der Waals surface area contributed by atoms with Gasteiger partial charge in [-0.2, -0.15) is 31.4 Å². The monoisotopic (exact) mass is 598 g/mol. The third-order valence-corrected chi connectivity index (χ3v) is 6.90. The first-order chi connectivity index (χ1) is 19.5. The molecule has 224 valence electrons. The smallest absolute Gasteiger partial charge is 0.315 e. The van der Waals surface area contributed by atoms with Crippen molar-refractivity contribution in [3.63, 3.8) is 0 Å². The Morgan fingerprint density at radius 2 is 1.52 bits per heavy atom. The van der Waals surface area contributed by atoms with Gasteiger partial charge in [-0.1, -0.05) is 30.3 Å². The molecule has 0 spiro atoms. The molecule has 0 saturated carbocycles. The SMILES string of the molecule is CC1(C)[C@@H](N(O)C(=O)Nc2cccc(C(F)(F)F)c2)N(c2cccc(C(F)(F)F)c2)C(=O)N1CCc1ccccc1F. The van der Waals surface area contributed by atoms with Crippen LogP contribution < -0.4 is 10.2 Å². The van der Waals surface area contributed by atoms with Crippen LogP contribution in [-0.2, 0) is 18.8 Å². The summed E-state index contributed by atoms with van der Waals surface area (Å²) < 4.78 is 94.3. The van der Waals surface area contributed by atoms with Gasteiger partial charge in [0.2, 0.25) is 0 Å². The van der Waals surface area contributed by atoms with Gasteiger partial charge in [0.25, 0.3) is 0 Å². The highest BCUT2D eigenvalue weighted by Gasteiger charge is 2.56. The van der Waals surface area contributed by atoms with Crippen molar-refractivity contribution in [1.82, 2.24) is 9.96 Å². The fourth-order valence-corrected chi connectivity index (χ4v) is 4.81. The quantitative estimate of drug-likeness (QED) is 0.177. The van der Waals surface area contributed by atoms with E-state index in [1.54, 1.807) is 6.07 Å². The van der Waals surface area contributed by atoms with E-state index >= 15 is 0 Å². The number of alkyl halides is 6. The second kappa shape index (κ2) is 11.2. The number of halogens is 7. The van der Waals surface area contributed by atoms with Crippen molar-refractivity contribution >= 4 is 23.4 Å². The van der Waals surface area contributed by atoms with Crippen molar-refractivity contribution < 1.29 is 45.5 Å². The molecule has 42 heavy (non-hydrogen) atoms. The zero-order valence-corrected chi connectivity index (χ0v) is 22.2. The highest BCUT2D eigenvalue weighted by atomic mass is 19.4. The minimum absolute atomic E-state index is 0.00709. The van der Waals surface area contributed by atoms with Gasteiger partial charge in [-0.15, -0.1) is 0 Å². The lowest BCUT2D eigenvalue weighted by atomic mass is 9.99. The number of nitrogens with zero attached hydrogens (tertiary/aromatic N) is 3. The Kier molecular flexibility index (Phi) is 8.13. The highest BCUT2D eigenvalue weighted by molar-refractivity contribution is 5.98. The van der Waals surface area contributed by atoms with E-state index in [-0.39, 0.29) is 35.0 Å². The summed E-state index contributed by atoms with van der Waals surface area (Å²) in [5, 5.41) is 13.2. The molecule has 0 aromatic heterocycles. The number of carbonyl (C=O) groups excluding carboxylic acids is 2. The molecule has 14 heteroatoms. The van der Waals surface area contributed by atoms with Crippen LogP contribution in [0.2, 0.25) is 0 Å². The fourth-order valence-electron chi connectivity index (χ4n) is 4.81. The summed E-state index contributed by atoms with van der Waals surface area (Å²) in [4.78, 5) is 28.8. The van der Waals surface area contributed by atoms with Gasteiger partial charge in [0, 0.05) is 17.9 Å². The van der Waals surface area contributed by atoms with Crippen molar-refractivity contribution in [2.24, 2.45) is 0 Å². The largest absolute Gasteiger partial charge is 0.416 e. The van der Waals surface area contributed by atoms with Crippen LogP contribution in [0.15, 0.2) is 72.8 Å². The zero-order valence-electron chi connectivity index (χ0n) is 22.2. The normalized spacial score (nSPS) is 17.0. The number of hydrogen-bond acceptors (Lipinski definition) is 3. The first-order valence-electron chi connectivity index (χ1n) is 12.5. The molecular formula is C28H25F7N4O3. The maximum absolute atomic E-state index is 14.3. The number of nitrogens with one attached hydrogen (secondary N) is 1. The minimum Gasteiger partial charge on any atom is -0.315 e. The molecule has 7 nitrogen and oxygen atoms in total. The van der Waals surface area contributed by atoms with Gasteiger partial charge < -0.3 is 10.2 Å². The van der Waals surface area contributed by atoms with Crippen LogP contribution in [-0.4, -0.2) is 45.5 Å². The van der Waals surface area contributed by atoms with Gasteiger partial charge in [0.05, 0.1) is 16.7 Å². The van der Waals surface area contributed by atoms with E-state index in [0.29, 0.717) is 12.1 Å². The summed E-state index contributed by atoms with van der Waals surface area (Å²) in [6.45, 7) is 2.72. The maximum Gasteiger partial charge on any atom is 0.416 e. The zero-order chi connectivity index (χ0) is 31.0. The second-order valence-electron chi connectivity index (χ2n) is 10.1. The van der Waals surface area contributed by atoms with Crippen molar-refractivity contribution in [3.8, 4) is 0 Å². The summed E-state index contributed by atoms with van der Waals surface area (Å²) in [6.07, 6.45) is -11.2. The van der Waals surface area contributed by atoms with Crippen molar-refractivity contribution in [2.45, 2.75) is 44.3 Å². The third-order valence-electron chi connectivity index (χ3n) is 6.90. The molecule has 4 amide bonds. The molecule has 1 aliphatic heterocycles. The lowest BCUT2D eigenvalue weighted by Crippen LogP contribution is -2.58. The highest BCUT2D eigenvalue weighted by Crippen LogP contribution is 2.40. The minimum atomic E-state index is -4.78. The molecule has 3 aromatic carbocycles. The Labute approximate surface area is 235 Å². The molecule has 1 aliphatic rings. The van der Waals surface area contributed by atoms with E-state index in [4.69, 9.17) is 0 Å². The van der Waals surface area contributed by atoms with Crippen molar-refractivity contribution in [2.75, 3.05) is 16.8 Å². The molecule has 1 fully saturated rings. The molecule has 4 rings (SSSR count). The van der Waals surface area contributed by atoms with E-state index in [1.807, 2.05) is 0 Å². The lowest BCUT2D eigenvalue weighted by molar-refractivity contribution is -0.138. The van der Waals surface area contributed by atoms with Crippen LogP contribution in [0, 0.1) is 5.82 Å². The number of carbonyl (C=O) groups is 2. The molecule has 0 bridgehead atoms. The molecule has 0 aliphatic carbocycles. The third kappa shape index (κ3) is 6.12. The van der Waals surface area contributed by atoms with Gasteiger partial charge in [0.15, 0.2) is 6.17 Å². The van der Waals surface area contributed by atoms with Crippen LogP contribution in [0.5, 0.6) is 0 Å². The summed E-state index contributed by atoms with van der Waals surface area (Å²) in [7, 11) is 0. The van der Waals surface area contributed by atoms with Crippen LogP contribution in [0.1, 0.15) is 30.5 Å². The standard InChI is InChI=1S/C28H25F7N4O3/c1-26(2)23(39(42)24(40)36-20-10-5-8-18(15-20)27(30,31)32)38(21-11-6-9-19(16-21)28(33,34)35)25(41)37(26)14-13-17-7-3-4-12-22(17)29/h3-12,15-16,23,42H,13-14H2,1-2H3,(H,36,40)/t23-/m1/s1. The molecule has 1 saturated heterocycles. The average molecular weight is 599 g/mol. The Bertz CT molecular complexity index is 1480. The average Bonchev–Trinajstić information content (AvgIpc) is 3.11. The lowest BCUT2D eigenvalue weighted by Gasteiger charge is -2.38. The van der Waals surface area contributed by atoms with Crippen LogP contribution in [0.3, 0.4) is 0 Å². The van der Waals surface area contributed by atoms with E-state index in [9.17, 15) is 45.5 Å². The van der Waals surface area contributed by atoms with Crippen LogP contribution in [0.4, 0.5) is 51.7 Å².